The number of aliphatic hydroxyl groups excluding tert-OH is 2. The lowest BCUT2D eigenvalue weighted by Gasteiger charge is -2.17. The lowest BCUT2D eigenvalue weighted by atomic mass is 10.1. The van der Waals surface area contributed by atoms with Gasteiger partial charge in [0.2, 0.25) is 5.95 Å². The van der Waals surface area contributed by atoms with Gasteiger partial charge in [-0.15, -0.1) is 0 Å². The average molecular weight is 459 g/mol. The molecule has 0 saturated heterocycles. The molecule has 0 aliphatic rings. The molecule has 2 atom stereocenters. The molecular weight excluding hydrogens is 435 g/mol. The SMILES string of the molecule is CCC(CO)Nc1ncc(F)c(-c2ccc(C(=O)NC(CO)c3cccc(Cl)c3)cc2)n1. The number of rotatable bonds is 9. The fourth-order valence-electron chi connectivity index (χ4n) is 3.08. The van der Waals surface area contributed by atoms with E-state index in [0.717, 1.165) is 6.20 Å². The summed E-state index contributed by atoms with van der Waals surface area (Å²) >= 11 is 5.99. The van der Waals surface area contributed by atoms with E-state index in [9.17, 15) is 19.4 Å². The number of anilines is 1. The number of benzene rings is 2. The van der Waals surface area contributed by atoms with E-state index >= 15 is 0 Å². The Morgan fingerprint density at radius 1 is 1.16 bits per heavy atom. The van der Waals surface area contributed by atoms with Crippen molar-refractivity contribution >= 4 is 23.5 Å². The number of aromatic nitrogens is 2. The van der Waals surface area contributed by atoms with Crippen molar-refractivity contribution in [1.82, 2.24) is 15.3 Å². The molecule has 32 heavy (non-hydrogen) atoms. The molecule has 9 heteroatoms. The highest BCUT2D eigenvalue weighted by atomic mass is 35.5. The van der Waals surface area contributed by atoms with Gasteiger partial charge in [0.15, 0.2) is 5.82 Å². The molecule has 0 spiro atoms. The van der Waals surface area contributed by atoms with E-state index in [2.05, 4.69) is 20.6 Å². The van der Waals surface area contributed by atoms with E-state index in [1.807, 2.05) is 6.92 Å². The minimum Gasteiger partial charge on any atom is -0.394 e. The molecule has 0 saturated carbocycles. The van der Waals surface area contributed by atoms with Crippen molar-refractivity contribution in [2.45, 2.75) is 25.4 Å². The van der Waals surface area contributed by atoms with Gasteiger partial charge in [-0.2, -0.15) is 0 Å². The van der Waals surface area contributed by atoms with E-state index in [-0.39, 0.29) is 30.9 Å². The molecule has 7 nitrogen and oxygen atoms in total. The third kappa shape index (κ3) is 5.79. The molecule has 0 aliphatic carbocycles. The highest BCUT2D eigenvalue weighted by Crippen LogP contribution is 2.23. The quantitative estimate of drug-likeness (QED) is 0.390. The Morgan fingerprint density at radius 2 is 1.91 bits per heavy atom. The van der Waals surface area contributed by atoms with Gasteiger partial charge in [0, 0.05) is 16.1 Å². The summed E-state index contributed by atoms with van der Waals surface area (Å²) in [5, 5.41) is 25.2. The van der Waals surface area contributed by atoms with Crippen molar-refractivity contribution in [2.75, 3.05) is 18.5 Å². The van der Waals surface area contributed by atoms with Crippen LogP contribution in [0, 0.1) is 5.82 Å². The highest BCUT2D eigenvalue weighted by Gasteiger charge is 2.17. The second kappa shape index (κ2) is 11.0. The number of aliphatic hydroxyl groups is 2. The Labute approximate surface area is 190 Å². The summed E-state index contributed by atoms with van der Waals surface area (Å²) < 4.78 is 14.3. The molecule has 168 valence electrons. The third-order valence-electron chi connectivity index (χ3n) is 4.95. The molecule has 2 aromatic carbocycles. The van der Waals surface area contributed by atoms with Crippen LogP contribution < -0.4 is 10.6 Å². The topological polar surface area (TPSA) is 107 Å². The van der Waals surface area contributed by atoms with Gasteiger partial charge in [0.25, 0.3) is 5.91 Å². The van der Waals surface area contributed by atoms with Gasteiger partial charge in [0.05, 0.1) is 31.5 Å². The van der Waals surface area contributed by atoms with E-state index in [4.69, 9.17) is 11.6 Å². The number of carbonyl (C=O) groups is 1. The molecule has 3 rings (SSSR count). The fourth-order valence-corrected chi connectivity index (χ4v) is 3.28. The van der Waals surface area contributed by atoms with Crippen molar-refractivity contribution in [1.29, 1.82) is 0 Å². The monoisotopic (exact) mass is 458 g/mol. The molecule has 4 N–H and O–H groups in total. The molecule has 0 radical (unpaired) electrons. The number of nitrogens with zero attached hydrogens (tertiary/aromatic N) is 2. The van der Waals surface area contributed by atoms with Crippen LogP contribution in [-0.4, -0.2) is 45.3 Å². The maximum Gasteiger partial charge on any atom is 0.251 e. The molecule has 0 bridgehead atoms. The van der Waals surface area contributed by atoms with E-state index in [0.29, 0.717) is 28.1 Å². The van der Waals surface area contributed by atoms with Gasteiger partial charge in [0.1, 0.15) is 5.69 Å². The maximum atomic E-state index is 14.3. The smallest absolute Gasteiger partial charge is 0.251 e. The summed E-state index contributed by atoms with van der Waals surface area (Å²) in [5.41, 5.74) is 1.57. The number of hydrogen-bond donors (Lipinski definition) is 4. The number of nitrogens with one attached hydrogen (secondary N) is 2. The summed E-state index contributed by atoms with van der Waals surface area (Å²) in [4.78, 5) is 20.8. The number of amides is 1. The van der Waals surface area contributed by atoms with Gasteiger partial charge in [-0.05, 0) is 36.2 Å². The number of halogens is 2. The first-order valence-corrected chi connectivity index (χ1v) is 10.5. The highest BCUT2D eigenvalue weighted by molar-refractivity contribution is 6.30. The fraction of sp³-hybridized carbons (Fsp3) is 0.261. The van der Waals surface area contributed by atoms with Crippen molar-refractivity contribution in [3.8, 4) is 11.3 Å². The van der Waals surface area contributed by atoms with Crippen molar-refractivity contribution in [2.24, 2.45) is 0 Å². The molecular formula is C23H24ClFN4O3. The predicted octanol–water partition coefficient (Wildman–Crippen LogP) is 3.58. The van der Waals surface area contributed by atoms with Crippen LogP contribution in [0.15, 0.2) is 54.7 Å². The standard InChI is InChI=1S/C23H24ClFN4O3/c1-2-18(12-30)27-23-26-11-19(25)21(29-23)14-6-8-15(9-7-14)22(32)28-20(13-31)16-4-3-5-17(24)10-16/h3-11,18,20,30-31H,2,12-13H2,1H3,(H,28,32)(H,26,27,29). The van der Waals surface area contributed by atoms with Crippen LogP contribution >= 0.6 is 11.6 Å². The summed E-state index contributed by atoms with van der Waals surface area (Å²) in [7, 11) is 0. The van der Waals surface area contributed by atoms with E-state index in [1.54, 1.807) is 48.5 Å². The Bertz CT molecular complexity index is 1060. The van der Waals surface area contributed by atoms with Crippen LogP contribution in [0.4, 0.5) is 10.3 Å². The second-order valence-corrected chi connectivity index (χ2v) is 7.60. The lowest BCUT2D eigenvalue weighted by Crippen LogP contribution is -2.30. The molecule has 1 heterocycles. The van der Waals surface area contributed by atoms with Crippen molar-refractivity contribution in [3.63, 3.8) is 0 Å². The summed E-state index contributed by atoms with van der Waals surface area (Å²) in [6, 6.07) is 12.3. The Balaban J connectivity index is 1.76. The summed E-state index contributed by atoms with van der Waals surface area (Å²) in [5.74, 6) is -0.794. The first kappa shape index (κ1) is 23.6. The third-order valence-corrected chi connectivity index (χ3v) is 5.19. The molecule has 3 aromatic rings. The summed E-state index contributed by atoms with van der Waals surface area (Å²) in [6.45, 7) is 1.51. The first-order valence-electron chi connectivity index (χ1n) is 10.1. The minimum atomic E-state index is -0.619. The zero-order valence-corrected chi connectivity index (χ0v) is 18.2. The van der Waals surface area contributed by atoms with Crippen LogP contribution in [0.5, 0.6) is 0 Å². The Morgan fingerprint density at radius 3 is 2.53 bits per heavy atom. The van der Waals surface area contributed by atoms with Crippen LogP contribution in [0.1, 0.15) is 35.3 Å². The zero-order chi connectivity index (χ0) is 23.1. The molecule has 1 aromatic heterocycles. The van der Waals surface area contributed by atoms with Gasteiger partial charge in [-0.1, -0.05) is 42.8 Å². The second-order valence-electron chi connectivity index (χ2n) is 7.16. The Hall–Kier alpha value is -3.07. The normalized spacial score (nSPS) is 12.8. The van der Waals surface area contributed by atoms with E-state index in [1.165, 1.54) is 0 Å². The van der Waals surface area contributed by atoms with Crippen LogP contribution in [0.25, 0.3) is 11.3 Å². The Kier molecular flexibility index (Phi) is 8.10. The van der Waals surface area contributed by atoms with Gasteiger partial charge >= 0.3 is 0 Å². The number of carbonyl (C=O) groups excluding carboxylic acids is 1. The molecule has 2 unspecified atom stereocenters. The van der Waals surface area contributed by atoms with E-state index < -0.39 is 17.8 Å². The average Bonchev–Trinajstić information content (AvgIpc) is 2.82. The van der Waals surface area contributed by atoms with Crippen LogP contribution in [0.2, 0.25) is 5.02 Å². The number of hydrogen-bond acceptors (Lipinski definition) is 6. The largest absolute Gasteiger partial charge is 0.394 e. The maximum absolute atomic E-state index is 14.3. The minimum absolute atomic E-state index is 0.0782. The van der Waals surface area contributed by atoms with Crippen LogP contribution in [0.3, 0.4) is 0 Å². The summed E-state index contributed by atoms with van der Waals surface area (Å²) in [6.07, 6.45) is 1.71. The lowest BCUT2D eigenvalue weighted by molar-refractivity contribution is 0.0916. The van der Waals surface area contributed by atoms with Crippen molar-refractivity contribution in [3.05, 3.63) is 76.7 Å². The van der Waals surface area contributed by atoms with Gasteiger partial charge in [-0.3, -0.25) is 4.79 Å². The van der Waals surface area contributed by atoms with Crippen LogP contribution in [-0.2, 0) is 0 Å². The zero-order valence-electron chi connectivity index (χ0n) is 17.4. The predicted molar refractivity (Wildman–Crippen MR) is 121 cm³/mol. The van der Waals surface area contributed by atoms with Crippen molar-refractivity contribution < 1.29 is 19.4 Å². The van der Waals surface area contributed by atoms with Gasteiger partial charge < -0.3 is 20.8 Å². The molecule has 0 aliphatic heterocycles. The molecule has 1 amide bonds. The molecule has 0 fully saturated rings. The van der Waals surface area contributed by atoms with Gasteiger partial charge in [-0.25, -0.2) is 14.4 Å². The first-order chi connectivity index (χ1) is 15.4.